The van der Waals surface area contributed by atoms with E-state index >= 15 is 0 Å². The van der Waals surface area contributed by atoms with Crippen LogP contribution in [0.3, 0.4) is 0 Å². The zero-order valence-electron chi connectivity index (χ0n) is 4.59. The summed E-state index contributed by atoms with van der Waals surface area (Å²) in [5.41, 5.74) is 0. The molecule has 0 bridgehead atoms. The van der Waals surface area contributed by atoms with E-state index < -0.39 is 18.6 Å². The van der Waals surface area contributed by atoms with Gasteiger partial charge < -0.3 is 0 Å². The minimum absolute atomic E-state index is 0.374. The fourth-order valence-electron chi connectivity index (χ4n) is 0.175. The zero-order valence-corrected chi connectivity index (χ0v) is 6.15. The third-order valence-electron chi connectivity index (χ3n) is 0.418. The van der Waals surface area contributed by atoms with Gasteiger partial charge in [0.25, 0.3) is 0 Å². The molecular weight excluding hydrogens is 148 g/mol. The van der Waals surface area contributed by atoms with Crippen LogP contribution in [0.2, 0.25) is 0 Å². The van der Waals surface area contributed by atoms with Gasteiger partial charge in [-0.3, -0.25) is 0 Å². The summed E-state index contributed by atoms with van der Waals surface area (Å²) in [5.74, 6) is 0. The average molecular weight is 156 g/mol. The van der Waals surface area contributed by atoms with Gasteiger partial charge in [-0.05, 0) is 0 Å². The molecule has 8 heavy (non-hydrogen) atoms. The van der Waals surface area contributed by atoms with Crippen molar-refractivity contribution in [2.75, 3.05) is 6.61 Å². The molecular formula is C3H8O4Ti. The van der Waals surface area contributed by atoms with Gasteiger partial charge >= 0.3 is 53.9 Å². The van der Waals surface area contributed by atoms with Crippen molar-refractivity contribution in [2.45, 2.75) is 13.3 Å². The van der Waals surface area contributed by atoms with Crippen molar-refractivity contribution in [3.8, 4) is 0 Å². The number of hydrogen-bond donors (Lipinski definition) is 1. The molecule has 0 aromatic heterocycles. The maximum atomic E-state index is 9.78. The molecule has 48 valence electrons. The van der Waals surface area contributed by atoms with E-state index in [1.807, 2.05) is 6.92 Å². The van der Waals surface area contributed by atoms with Crippen LogP contribution in [0.1, 0.15) is 13.3 Å². The van der Waals surface area contributed by atoms with Gasteiger partial charge in [-0.1, -0.05) is 0 Å². The summed E-state index contributed by atoms with van der Waals surface area (Å²) >= 11 is -3.40. The molecule has 4 nitrogen and oxygen atoms in total. The van der Waals surface area contributed by atoms with E-state index in [2.05, 4.69) is 8.36 Å². The number of rotatable bonds is 4. The molecule has 0 radical (unpaired) electrons. The van der Waals surface area contributed by atoms with E-state index in [0.29, 0.717) is 6.61 Å². The fraction of sp³-hybridized carbons (Fsp3) is 1.00. The van der Waals surface area contributed by atoms with Gasteiger partial charge in [-0.15, -0.1) is 0 Å². The van der Waals surface area contributed by atoms with Crippen LogP contribution >= 0.6 is 0 Å². The van der Waals surface area contributed by atoms with Crippen molar-refractivity contribution >= 4 is 0 Å². The molecule has 0 unspecified atom stereocenters. The first-order valence-electron chi connectivity index (χ1n) is 2.29. The molecule has 5 heteroatoms. The minimum atomic E-state index is -3.40. The summed E-state index contributed by atoms with van der Waals surface area (Å²) in [5, 5.41) is 0. The second kappa shape index (κ2) is 5.53. The van der Waals surface area contributed by atoms with Gasteiger partial charge in [0.2, 0.25) is 0 Å². The van der Waals surface area contributed by atoms with Crippen LogP contribution in [-0.2, 0) is 30.3 Å². The summed E-state index contributed by atoms with van der Waals surface area (Å²) in [6, 6.07) is 0. The van der Waals surface area contributed by atoms with Gasteiger partial charge in [-0.2, -0.15) is 0 Å². The number of hydrogen-bond acceptors (Lipinski definition) is 3. The molecule has 0 rings (SSSR count). The summed E-state index contributed by atoms with van der Waals surface area (Å²) in [6.07, 6.45) is 0.783. The average Bonchev–Trinajstić information content (AvgIpc) is 1.66. The van der Waals surface area contributed by atoms with Crippen molar-refractivity contribution < 1.29 is 34.0 Å². The van der Waals surface area contributed by atoms with Crippen LogP contribution in [0.4, 0.5) is 0 Å². The SMILES string of the molecule is CCCO[O][Ti](=[O])[OH]. The monoisotopic (exact) mass is 156 g/mol. The molecule has 1 N–H and O–H groups in total. The molecule has 0 aliphatic heterocycles. The van der Waals surface area contributed by atoms with Crippen LogP contribution < -0.4 is 0 Å². The molecule has 0 aromatic rings. The van der Waals surface area contributed by atoms with Crippen LogP contribution in [0.15, 0.2) is 0 Å². The summed E-state index contributed by atoms with van der Waals surface area (Å²) < 4.78 is 21.8. The topological polar surface area (TPSA) is 55.8 Å². The molecule has 0 saturated heterocycles. The van der Waals surface area contributed by atoms with Gasteiger partial charge in [0.15, 0.2) is 0 Å². The standard InChI is InChI=1S/C3H8O2.H2O.O.Ti/c1-2-3-5-4;;;/h4H,2-3H2,1H3;1H2;;/q;;;+2/p-2. The van der Waals surface area contributed by atoms with Gasteiger partial charge in [0, 0.05) is 0 Å². The summed E-state index contributed by atoms with van der Waals surface area (Å²) in [4.78, 5) is 4.26. The quantitative estimate of drug-likeness (QED) is 0.272. The normalized spacial score (nSPS) is 9.25. The maximum absolute atomic E-state index is 9.78. The molecule has 0 aliphatic rings. The predicted octanol–water partition coefficient (Wildman–Crippen LogP) is 0.131. The molecule has 0 amide bonds. The molecule has 0 fully saturated rings. The van der Waals surface area contributed by atoms with Crippen molar-refractivity contribution in [3.63, 3.8) is 0 Å². The second-order valence-corrected chi connectivity index (χ2v) is 2.26. The Bertz CT molecular complexity index is 73.7. The Kier molecular flexibility index (Phi) is 5.80. The first-order valence-corrected chi connectivity index (χ1v) is 4.27. The van der Waals surface area contributed by atoms with Crippen molar-refractivity contribution in [1.82, 2.24) is 0 Å². The summed E-state index contributed by atoms with van der Waals surface area (Å²) in [7, 11) is 0. The molecule has 0 atom stereocenters. The first-order chi connectivity index (χ1) is 3.77. The van der Waals surface area contributed by atoms with Crippen molar-refractivity contribution in [3.05, 3.63) is 0 Å². The van der Waals surface area contributed by atoms with Crippen LogP contribution in [0, 0.1) is 0 Å². The van der Waals surface area contributed by atoms with Gasteiger partial charge in [0.1, 0.15) is 0 Å². The molecule has 0 aliphatic carbocycles. The fourth-order valence-corrected chi connectivity index (χ4v) is 0.463. The van der Waals surface area contributed by atoms with E-state index in [1.54, 1.807) is 0 Å². The van der Waals surface area contributed by atoms with E-state index in [1.165, 1.54) is 0 Å². The third kappa shape index (κ3) is 6.39. The Morgan fingerprint density at radius 2 is 2.38 bits per heavy atom. The van der Waals surface area contributed by atoms with Crippen molar-refractivity contribution in [2.24, 2.45) is 0 Å². The Morgan fingerprint density at radius 1 is 1.75 bits per heavy atom. The zero-order chi connectivity index (χ0) is 6.41. The molecule has 0 saturated carbocycles. The van der Waals surface area contributed by atoms with Crippen molar-refractivity contribution in [1.29, 1.82) is 0 Å². The molecule has 0 aromatic carbocycles. The van der Waals surface area contributed by atoms with E-state index in [9.17, 15) is 3.32 Å². The molecule has 0 heterocycles. The van der Waals surface area contributed by atoms with E-state index in [4.69, 9.17) is 3.69 Å². The predicted molar refractivity (Wildman–Crippen MR) is 20.2 cm³/mol. The van der Waals surface area contributed by atoms with Crippen LogP contribution in [0.5, 0.6) is 0 Å². The van der Waals surface area contributed by atoms with E-state index in [-0.39, 0.29) is 0 Å². The second-order valence-electron chi connectivity index (χ2n) is 1.17. The van der Waals surface area contributed by atoms with Gasteiger partial charge in [0.05, 0.1) is 0 Å². The van der Waals surface area contributed by atoms with E-state index in [0.717, 1.165) is 6.42 Å². The Labute approximate surface area is 54.4 Å². The Balaban J connectivity index is 2.82. The van der Waals surface area contributed by atoms with Crippen LogP contribution in [-0.4, -0.2) is 10.3 Å². The molecule has 0 spiro atoms. The Morgan fingerprint density at radius 3 is 2.75 bits per heavy atom. The Hall–Kier alpha value is 0.394. The van der Waals surface area contributed by atoms with Crippen LogP contribution in [0.25, 0.3) is 0 Å². The van der Waals surface area contributed by atoms with Gasteiger partial charge in [-0.25, -0.2) is 0 Å². The summed E-state index contributed by atoms with van der Waals surface area (Å²) in [6.45, 7) is 2.25. The third-order valence-corrected chi connectivity index (χ3v) is 0.824. The first kappa shape index (κ1) is 8.39.